The minimum absolute atomic E-state index is 0.0345. The van der Waals surface area contributed by atoms with Crippen LogP contribution < -0.4 is 0 Å². The Kier molecular flexibility index (Phi) is 3.39. The average molecular weight is 282 g/mol. The van der Waals surface area contributed by atoms with Crippen molar-refractivity contribution >= 4 is 11.6 Å². The summed E-state index contributed by atoms with van der Waals surface area (Å²) < 4.78 is 0. The second kappa shape index (κ2) is 5.36. The van der Waals surface area contributed by atoms with Crippen LogP contribution in [0.3, 0.4) is 0 Å². The zero-order valence-corrected chi connectivity index (χ0v) is 11.4. The lowest BCUT2D eigenvalue weighted by Gasteiger charge is -2.28. The Balaban J connectivity index is 1.85. The molecule has 106 valence electrons. The predicted octanol–water partition coefficient (Wildman–Crippen LogP) is 2.79. The van der Waals surface area contributed by atoms with Gasteiger partial charge in [0.2, 0.25) is 0 Å². The first-order valence-corrected chi connectivity index (χ1v) is 6.75. The van der Waals surface area contributed by atoms with Gasteiger partial charge in [0.15, 0.2) is 0 Å². The van der Waals surface area contributed by atoms with Crippen LogP contribution in [0.4, 0.5) is 5.69 Å². The van der Waals surface area contributed by atoms with E-state index in [2.05, 4.69) is 0 Å². The van der Waals surface area contributed by atoms with Gasteiger partial charge in [-0.15, -0.1) is 0 Å². The van der Waals surface area contributed by atoms with E-state index in [-0.39, 0.29) is 11.6 Å². The Morgan fingerprint density at radius 1 is 1.10 bits per heavy atom. The molecule has 1 heterocycles. The molecule has 5 nitrogen and oxygen atoms in total. The molecule has 2 aromatic carbocycles. The number of nitro groups is 1. The second-order valence-electron chi connectivity index (χ2n) is 5.05. The quantitative estimate of drug-likeness (QED) is 0.628. The van der Waals surface area contributed by atoms with Crippen LogP contribution in [0.25, 0.3) is 0 Å². The molecule has 0 radical (unpaired) electrons. The van der Waals surface area contributed by atoms with E-state index >= 15 is 0 Å². The molecule has 0 aromatic heterocycles. The second-order valence-corrected chi connectivity index (χ2v) is 5.05. The van der Waals surface area contributed by atoms with Gasteiger partial charge in [-0.05, 0) is 29.7 Å². The van der Waals surface area contributed by atoms with Gasteiger partial charge < -0.3 is 4.90 Å². The number of carbonyl (C=O) groups excluding carboxylic acids is 1. The lowest BCUT2D eigenvalue weighted by molar-refractivity contribution is -0.385. The van der Waals surface area contributed by atoms with Crippen LogP contribution in [-0.2, 0) is 13.0 Å². The number of amides is 1. The average Bonchev–Trinajstić information content (AvgIpc) is 2.54. The molecule has 1 aliphatic rings. The Labute approximate surface area is 122 Å². The molecule has 1 amide bonds. The minimum atomic E-state index is -0.405. The smallest absolute Gasteiger partial charge is 0.269 e. The van der Waals surface area contributed by atoms with Gasteiger partial charge in [-0.25, -0.2) is 0 Å². The maximum atomic E-state index is 12.4. The van der Waals surface area contributed by atoms with Gasteiger partial charge >= 0.3 is 0 Å². The van der Waals surface area contributed by atoms with Gasteiger partial charge in [0.1, 0.15) is 0 Å². The summed E-state index contributed by atoms with van der Waals surface area (Å²) in [6.45, 7) is 1.06. The van der Waals surface area contributed by atoms with Gasteiger partial charge in [-0.2, -0.15) is 0 Å². The Morgan fingerprint density at radius 3 is 2.57 bits per heavy atom. The molecule has 0 unspecified atom stereocenters. The molecule has 0 atom stereocenters. The summed E-state index contributed by atoms with van der Waals surface area (Å²) in [4.78, 5) is 24.6. The third-order valence-corrected chi connectivity index (χ3v) is 3.72. The number of non-ortho nitro benzene ring substituents is 1. The maximum absolute atomic E-state index is 12.4. The Morgan fingerprint density at radius 2 is 1.86 bits per heavy atom. The molecule has 21 heavy (non-hydrogen) atoms. The van der Waals surface area contributed by atoms with Gasteiger partial charge in [0.25, 0.3) is 11.6 Å². The van der Waals surface area contributed by atoms with E-state index in [0.717, 1.165) is 17.5 Å². The number of benzene rings is 2. The van der Waals surface area contributed by atoms with Gasteiger partial charge in [-0.1, -0.05) is 24.3 Å². The SMILES string of the molecule is O=C(c1ccccc1)N1CCc2ccc([N+](=O)[O-])cc2C1. The minimum Gasteiger partial charge on any atom is -0.334 e. The largest absolute Gasteiger partial charge is 0.334 e. The standard InChI is InChI=1S/C16H14N2O3/c19-16(13-4-2-1-3-5-13)17-9-8-12-6-7-15(18(20)21)10-14(12)11-17/h1-7,10H,8-9,11H2. The van der Waals surface area contributed by atoms with E-state index in [0.29, 0.717) is 18.7 Å². The fraction of sp³-hybridized carbons (Fsp3) is 0.188. The molecular formula is C16H14N2O3. The van der Waals surface area contributed by atoms with Crippen LogP contribution >= 0.6 is 0 Å². The molecule has 0 bridgehead atoms. The van der Waals surface area contributed by atoms with Crippen LogP contribution in [0, 0.1) is 10.1 Å². The van der Waals surface area contributed by atoms with E-state index in [9.17, 15) is 14.9 Å². The lowest BCUT2D eigenvalue weighted by atomic mass is 9.98. The van der Waals surface area contributed by atoms with Crippen LogP contribution in [0.2, 0.25) is 0 Å². The fourth-order valence-corrected chi connectivity index (χ4v) is 2.59. The molecule has 0 N–H and O–H groups in total. The molecule has 0 aliphatic carbocycles. The van der Waals surface area contributed by atoms with E-state index in [1.165, 1.54) is 6.07 Å². The highest BCUT2D eigenvalue weighted by atomic mass is 16.6. The normalized spacial score (nSPS) is 13.6. The summed E-state index contributed by atoms with van der Waals surface area (Å²) in [6.07, 6.45) is 0.728. The monoisotopic (exact) mass is 282 g/mol. The van der Waals surface area contributed by atoms with Gasteiger partial charge in [0, 0.05) is 30.8 Å². The maximum Gasteiger partial charge on any atom is 0.269 e. The number of carbonyl (C=O) groups is 1. The van der Waals surface area contributed by atoms with Gasteiger partial charge in [0.05, 0.1) is 4.92 Å². The predicted molar refractivity (Wildman–Crippen MR) is 78.0 cm³/mol. The van der Waals surface area contributed by atoms with Gasteiger partial charge in [-0.3, -0.25) is 14.9 Å². The number of fused-ring (bicyclic) bond motifs is 1. The highest BCUT2D eigenvalue weighted by Crippen LogP contribution is 2.24. The summed E-state index contributed by atoms with van der Waals surface area (Å²) >= 11 is 0. The van der Waals surface area contributed by atoms with Crippen molar-refractivity contribution < 1.29 is 9.72 Å². The Hall–Kier alpha value is -2.69. The van der Waals surface area contributed by atoms with E-state index in [1.807, 2.05) is 18.2 Å². The molecule has 0 fully saturated rings. The highest BCUT2D eigenvalue weighted by Gasteiger charge is 2.23. The van der Waals surface area contributed by atoms with Crippen molar-refractivity contribution in [3.63, 3.8) is 0 Å². The molecule has 2 aromatic rings. The van der Waals surface area contributed by atoms with Crippen molar-refractivity contribution in [2.24, 2.45) is 0 Å². The third-order valence-electron chi connectivity index (χ3n) is 3.72. The first-order chi connectivity index (χ1) is 10.1. The number of hydrogen-bond donors (Lipinski definition) is 0. The summed E-state index contributed by atoms with van der Waals surface area (Å²) in [7, 11) is 0. The van der Waals surface area contributed by atoms with Crippen LogP contribution in [0.5, 0.6) is 0 Å². The first kappa shape index (κ1) is 13.3. The summed E-state index contributed by atoms with van der Waals surface area (Å²) in [5.74, 6) is -0.0345. The van der Waals surface area contributed by atoms with Crippen molar-refractivity contribution in [2.75, 3.05) is 6.54 Å². The van der Waals surface area contributed by atoms with Crippen molar-refractivity contribution in [1.82, 2.24) is 4.90 Å². The molecule has 0 spiro atoms. The zero-order valence-electron chi connectivity index (χ0n) is 11.4. The fourth-order valence-electron chi connectivity index (χ4n) is 2.59. The first-order valence-electron chi connectivity index (χ1n) is 6.75. The molecular weight excluding hydrogens is 268 g/mol. The van der Waals surface area contributed by atoms with Crippen LogP contribution in [-0.4, -0.2) is 22.3 Å². The van der Waals surface area contributed by atoms with E-state index in [1.54, 1.807) is 29.2 Å². The molecule has 3 rings (SSSR count). The number of rotatable bonds is 2. The molecule has 1 aliphatic heterocycles. The summed E-state index contributed by atoms with van der Waals surface area (Å²) in [5.41, 5.74) is 2.66. The number of nitro benzene ring substituents is 1. The summed E-state index contributed by atoms with van der Waals surface area (Å²) in [5, 5.41) is 10.8. The van der Waals surface area contributed by atoms with Crippen LogP contribution in [0.15, 0.2) is 48.5 Å². The van der Waals surface area contributed by atoms with Crippen molar-refractivity contribution in [1.29, 1.82) is 0 Å². The van der Waals surface area contributed by atoms with Crippen molar-refractivity contribution in [3.05, 3.63) is 75.3 Å². The topological polar surface area (TPSA) is 63.5 Å². The van der Waals surface area contributed by atoms with Crippen molar-refractivity contribution in [3.8, 4) is 0 Å². The van der Waals surface area contributed by atoms with E-state index in [4.69, 9.17) is 0 Å². The van der Waals surface area contributed by atoms with Crippen LogP contribution in [0.1, 0.15) is 21.5 Å². The van der Waals surface area contributed by atoms with Crippen molar-refractivity contribution in [2.45, 2.75) is 13.0 Å². The Bertz CT molecular complexity index is 698. The third kappa shape index (κ3) is 2.63. The van der Waals surface area contributed by atoms with E-state index < -0.39 is 4.92 Å². The zero-order chi connectivity index (χ0) is 14.8. The molecule has 0 saturated heterocycles. The summed E-state index contributed by atoms with van der Waals surface area (Å²) in [6, 6.07) is 14.0. The molecule has 0 saturated carbocycles. The lowest BCUT2D eigenvalue weighted by Crippen LogP contribution is -2.35. The number of hydrogen-bond acceptors (Lipinski definition) is 3. The number of nitrogens with zero attached hydrogens (tertiary/aromatic N) is 2. The highest BCUT2D eigenvalue weighted by molar-refractivity contribution is 5.94. The molecule has 5 heteroatoms.